The molecule has 1 heterocycles. The summed E-state index contributed by atoms with van der Waals surface area (Å²) < 4.78 is 0. The lowest BCUT2D eigenvalue weighted by Crippen LogP contribution is -2.25. The summed E-state index contributed by atoms with van der Waals surface area (Å²) in [7, 11) is 0. The van der Waals surface area contributed by atoms with E-state index in [1.807, 2.05) is 0 Å². The van der Waals surface area contributed by atoms with Gasteiger partial charge in [0.25, 0.3) is 0 Å². The van der Waals surface area contributed by atoms with Gasteiger partial charge in [-0.05, 0) is 36.5 Å². The Morgan fingerprint density at radius 1 is 1.41 bits per heavy atom. The molecular weight excluding hydrogens is 210 g/mol. The van der Waals surface area contributed by atoms with Crippen LogP contribution < -0.4 is 4.90 Å². The molecule has 1 aromatic rings. The van der Waals surface area contributed by atoms with Gasteiger partial charge in [0.2, 0.25) is 0 Å². The molecule has 0 spiro atoms. The average Bonchev–Trinajstić information content (AvgIpc) is 2.59. The Hall–Kier alpha value is -1.31. The molecule has 2 nitrogen and oxygen atoms in total. The van der Waals surface area contributed by atoms with E-state index in [0.29, 0.717) is 12.3 Å². The largest absolute Gasteiger partial charge is 0.371 e. The molecule has 0 amide bonds. The van der Waals surface area contributed by atoms with Crippen molar-refractivity contribution in [1.82, 2.24) is 0 Å². The standard InChI is InChI=1S/C15H21NO/c1-11(2)10-16-7-6-14-9-13(8-12(3)17)4-5-15(14)16/h4-5,9,11H,6-8,10H2,1-3H3. The van der Waals surface area contributed by atoms with Crippen molar-refractivity contribution in [3.8, 4) is 0 Å². The zero-order valence-corrected chi connectivity index (χ0v) is 11.0. The Bertz CT molecular complexity index is 423. The van der Waals surface area contributed by atoms with Crippen LogP contribution in [0.3, 0.4) is 0 Å². The van der Waals surface area contributed by atoms with Crippen LogP contribution in [0.4, 0.5) is 5.69 Å². The van der Waals surface area contributed by atoms with Crippen LogP contribution in [0.1, 0.15) is 31.9 Å². The number of anilines is 1. The Morgan fingerprint density at radius 2 is 2.18 bits per heavy atom. The SMILES string of the molecule is CC(=O)Cc1ccc2c(c1)CCN2CC(C)C. The van der Waals surface area contributed by atoms with Crippen LogP contribution >= 0.6 is 0 Å². The van der Waals surface area contributed by atoms with E-state index in [1.165, 1.54) is 11.3 Å². The maximum absolute atomic E-state index is 11.1. The summed E-state index contributed by atoms with van der Waals surface area (Å²) in [4.78, 5) is 13.6. The average molecular weight is 231 g/mol. The summed E-state index contributed by atoms with van der Waals surface area (Å²) in [6.07, 6.45) is 1.69. The Labute approximate surface area is 104 Å². The normalized spacial score (nSPS) is 14.2. The molecule has 92 valence electrons. The van der Waals surface area contributed by atoms with Crippen molar-refractivity contribution in [3.63, 3.8) is 0 Å². The van der Waals surface area contributed by atoms with Crippen LogP contribution in [0.25, 0.3) is 0 Å². The lowest BCUT2D eigenvalue weighted by Gasteiger charge is -2.21. The fraction of sp³-hybridized carbons (Fsp3) is 0.533. The molecule has 0 saturated carbocycles. The third-order valence-electron chi connectivity index (χ3n) is 3.17. The molecule has 0 aliphatic carbocycles. The van der Waals surface area contributed by atoms with E-state index in [1.54, 1.807) is 6.92 Å². The molecule has 2 rings (SSSR count). The van der Waals surface area contributed by atoms with Gasteiger partial charge in [-0.1, -0.05) is 26.0 Å². The fourth-order valence-corrected chi connectivity index (χ4v) is 2.55. The minimum Gasteiger partial charge on any atom is -0.371 e. The van der Waals surface area contributed by atoms with Crippen molar-refractivity contribution in [2.75, 3.05) is 18.0 Å². The van der Waals surface area contributed by atoms with E-state index in [2.05, 4.69) is 36.9 Å². The summed E-state index contributed by atoms with van der Waals surface area (Å²) in [6, 6.07) is 6.49. The predicted octanol–water partition coefficient (Wildman–Crippen LogP) is 2.84. The first-order valence-corrected chi connectivity index (χ1v) is 6.42. The number of Topliss-reactive ketones (excluding diaryl/α,β-unsaturated/α-hetero) is 1. The predicted molar refractivity (Wildman–Crippen MR) is 71.6 cm³/mol. The number of rotatable bonds is 4. The number of benzene rings is 1. The van der Waals surface area contributed by atoms with Gasteiger partial charge in [-0.25, -0.2) is 0 Å². The molecule has 0 N–H and O–H groups in total. The molecule has 0 aromatic heterocycles. The Kier molecular flexibility index (Phi) is 3.51. The van der Waals surface area contributed by atoms with Crippen LogP contribution in [-0.2, 0) is 17.6 Å². The molecule has 2 heteroatoms. The third kappa shape index (κ3) is 2.87. The molecule has 17 heavy (non-hydrogen) atoms. The molecule has 0 bridgehead atoms. The van der Waals surface area contributed by atoms with Gasteiger partial charge in [0, 0.05) is 25.2 Å². The van der Waals surface area contributed by atoms with E-state index in [4.69, 9.17) is 0 Å². The quantitative estimate of drug-likeness (QED) is 0.794. The second-order valence-electron chi connectivity index (χ2n) is 5.43. The van der Waals surface area contributed by atoms with E-state index in [9.17, 15) is 4.79 Å². The molecular formula is C15H21NO. The number of nitrogens with zero attached hydrogens (tertiary/aromatic N) is 1. The van der Waals surface area contributed by atoms with Gasteiger partial charge in [0.1, 0.15) is 5.78 Å². The number of hydrogen-bond donors (Lipinski definition) is 0. The van der Waals surface area contributed by atoms with Crippen molar-refractivity contribution >= 4 is 11.5 Å². The molecule has 0 atom stereocenters. The number of carbonyl (C=O) groups excluding carboxylic acids is 1. The van der Waals surface area contributed by atoms with Crippen molar-refractivity contribution in [1.29, 1.82) is 0 Å². The molecule has 1 aliphatic heterocycles. The summed E-state index contributed by atoms with van der Waals surface area (Å²) in [6.45, 7) is 8.40. The zero-order valence-electron chi connectivity index (χ0n) is 11.0. The minimum atomic E-state index is 0.238. The van der Waals surface area contributed by atoms with Crippen molar-refractivity contribution in [2.24, 2.45) is 5.92 Å². The second kappa shape index (κ2) is 4.91. The van der Waals surface area contributed by atoms with Crippen molar-refractivity contribution in [2.45, 2.75) is 33.6 Å². The van der Waals surface area contributed by atoms with E-state index in [0.717, 1.165) is 25.1 Å². The fourth-order valence-electron chi connectivity index (χ4n) is 2.55. The van der Waals surface area contributed by atoms with Crippen LogP contribution in [0.15, 0.2) is 18.2 Å². The molecule has 1 aromatic carbocycles. The summed E-state index contributed by atoms with van der Waals surface area (Å²) in [5.74, 6) is 0.930. The van der Waals surface area contributed by atoms with Gasteiger partial charge in [0.05, 0.1) is 0 Å². The zero-order chi connectivity index (χ0) is 12.4. The van der Waals surface area contributed by atoms with Gasteiger partial charge >= 0.3 is 0 Å². The van der Waals surface area contributed by atoms with Gasteiger partial charge in [0.15, 0.2) is 0 Å². The second-order valence-corrected chi connectivity index (χ2v) is 5.43. The van der Waals surface area contributed by atoms with E-state index >= 15 is 0 Å². The monoisotopic (exact) mass is 231 g/mol. The number of ketones is 1. The van der Waals surface area contributed by atoms with Gasteiger partial charge in [-0.15, -0.1) is 0 Å². The van der Waals surface area contributed by atoms with E-state index < -0.39 is 0 Å². The highest BCUT2D eigenvalue weighted by Gasteiger charge is 2.19. The molecule has 0 radical (unpaired) electrons. The minimum absolute atomic E-state index is 0.238. The molecule has 0 saturated heterocycles. The molecule has 0 unspecified atom stereocenters. The summed E-state index contributed by atoms with van der Waals surface area (Å²) in [5, 5.41) is 0. The van der Waals surface area contributed by atoms with Gasteiger partial charge in [-0.3, -0.25) is 4.79 Å². The number of carbonyl (C=O) groups is 1. The molecule has 1 aliphatic rings. The topological polar surface area (TPSA) is 20.3 Å². The van der Waals surface area contributed by atoms with Crippen LogP contribution in [0, 0.1) is 5.92 Å². The van der Waals surface area contributed by atoms with Crippen LogP contribution in [0.2, 0.25) is 0 Å². The summed E-state index contributed by atoms with van der Waals surface area (Å²) in [5.41, 5.74) is 3.93. The first-order chi connectivity index (χ1) is 8.06. The number of fused-ring (bicyclic) bond motifs is 1. The van der Waals surface area contributed by atoms with Gasteiger partial charge in [-0.2, -0.15) is 0 Å². The number of hydrogen-bond acceptors (Lipinski definition) is 2. The van der Waals surface area contributed by atoms with Crippen molar-refractivity contribution < 1.29 is 4.79 Å². The van der Waals surface area contributed by atoms with Gasteiger partial charge < -0.3 is 4.90 Å². The van der Waals surface area contributed by atoms with E-state index in [-0.39, 0.29) is 5.78 Å². The highest BCUT2D eigenvalue weighted by atomic mass is 16.1. The van der Waals surface area contributed by atoms with Crippen LogP contribution in [-0.4, -0.2) is 18.9 Å². The smallest absolute Gasteiger partial charge is 0.134 e. The lowest BCUT2D eigenvalue weighted by atomic mass is 10.0. The highest BCUT2D eigenvalue weighted by molar-refractivity contribution is 5.78. The van der Waals surface area contributed by atoms with Crippen molar-refractivity contribution in [3.05, 3.63) is 29.3 Å². The summed E-state index contributed by atoms with van der Waals surface area (Å²) >= 11 is 0. The first-order valence-electron chi connectivity index (χ1n) is 6.42. The maximum Gasteiger partial charge on any atom is 0.134 e. The highest BCUT2D eigenvalue weighted by Crippen LogP contribution is 2.29. The first kappa shape index (κ1) is 12.2. The Balaban J connectivity index is 2.16. The lowest BCUT2D eigenvalue weighted by molar-refractivity contribution is -0.116. The van der Waals surface area contributed by atoms with Crippen LogP contribution in [0.5, 0.6) is 0 Å². The maximum atomic E-state index is 11.1. The Morgan fingerprint density at radius 3 is 2.82 bits per heavy atom. The molecule has 0 fully saturated rings. The third-order valence-corrected chi connectivity index (χ3v) is 3.17.